The topological polar surface area (TPSA) is 95.5 Å². The highest BCUT2D eigenvalue weighted by Gasteiger charge is 2.16. The third-order valence-corrected chi connectivity index (χ3v) is 4.25. The lowest BCUT2D eigenvalue weighted by molar-refractivity contribution is -0.254. The Labute approximate surface area is 141 Å². The molecule has 0 bridgehead atoms. The lowest BCUT2D eigenvalue weighted by Gasteiger charge is -2.21. The molecule has 24 heavy (non-hydrogen) atoms. The van der Waals surface area contributed by atoms with Gasteiger partial charge in [-0.3, -0.25) is 9.59 Å². The number of amides is 1. The van der Waals surface area contributed by atoms with Gasteiger partial charge < -0.3 is 20.0 Å². The number of rotatable bonds is 6. The van der Waals surface area contributed by atoms with E-state index < -0.39 is 11.9 Å². The maximum Gasteiger partial charge on any atom is 0.308 e. The van der Waals surface area contributed by atoms with E-state index in [1.54, 1.807) is 0 Å². The second kappa shape index (κ2) is 8.47. The first-order valence-electron chi connectivity index (χ1n) is 8.29. The molecule has 2 rings (SSSR count). The van der Waals surface area contributed by atoms with Crippen LogP contribution in [0.5, 0.6) is 5.75 Å². The van der Waals surface area contributed by atoms with Gasteiger partial charge in [-0.2, -0.15) is 0 Å². The summed E-state index contributed by atoms with van der Waals surface area (Å²) in [6.07, 6.45) is 7.22. The molecule has 0 spiro atoms. The van der Waals surface area contributed by atoms with E-state index in [1.807, 2.05) is 0 Å². The third-order valence-electron chi connectivity index (χ3n) is 4.25. The van der Waals surface area contributed by atoms with Gasteiger partial charge in [0.15, 0.2) is 0 Å². The number of carbonyl (C=O) groups excluding carboxylic acids is 3. The molecule has 1 aliphatic rings. The number of benzene rings is 1. The molecule has 1 amide bonds. The summed E-state index contributed by atoms with van der Waals surface area (Å²) in [5.74, 6) is -1.53. The smallest absolute Gasteiger partial charge is 0.308 e. The van der Waals surface area contributed by atoms with E-state index in [4.69, 9.17) is 4.74 Å². The first-order chi connectivity index (χ1) is 11.5. The molecule has 0 heterocycles. The van der Waals surface area contributed by atoms with Crippen LogP contribution in [0.2, 0.25) is 0 Å². The van der Waals surface area contributed by atoms with Crippen LogP contribution in [0.15, 0.2) is 18.2 Å². The second-order valence-electron chi connectivity index (χ2n) is 6.18. The zero-order chi connectivity index (χ0) is 17.5. The lowest BCUT2D eigenvalue weighted by atomic mass is 9.86. The number of aromatic carboxylic acids is 1. The summed E-state index contributed by atoms with van der Waals surface area (Å²) in [5, 5.41) is 13.9. The molecule has 1 N–H and O–H groups in total. The zero-order valence-corrected chi connectivity index (χ0v) is 13.8. The van der Waals surface area contributed by atoms with Crippen LogP contribution < -0.4 is 15.2 Å². The van der Waals surface area contributed by atoms with Crippen molar-refractivity contribution in [1.29, 1.82) is 0 Å². The highest BCUT2D eigenvalue weighted by molar-refractivity contribution is 6.00. The molecule has 1 aromatic carbocycles. The van der Waals surface area contributed by atoms with Crippen LogP contribution in [-0.2, 0) is 9.59 Å². The Hall–Kier alpha value is -2.37. The molecule has 1 fully saturated rings. The predicted octanol–water partition coefficient (Wildman–Crippen LogP) is 2.27. The van der Waals surface area contributed by atoms with Crippen LogP contribution in [-0.4, -0.2) is 17.8 Å². The van der Waals surface area contributed by atoms with E-state index in [-0.39, 0.29) is 22.9 Å². The standard InChI is InChI=1S/C18H23NO5/c1-12(20)24-14-8-9-16(15(11-14)18(22)23)19-17(21)10-7-13-5-3-2-4-6-13/h8-9,11,13H,2-7,10H2,1H3,(H,19,21)(H,22,23)/p-1. The maximum absolute atomic E-state index is 12.1. The van der Waals surface area contributed by atoms with E-state index in [0.29, 0.717) is 12.3 Å². The van der Waals surface area contributed by atoms with Gasteiger partial charge in [0.1, 0.15) is 5.75 Å². The first-order valence-corrected chi connectivity index (χ1v) is 8.29. The van der Waals surface area contributed by atoms with Crippen molar-refractivity contribution in [1.82, 2.24) is 0 Å². The van der Waals surface area contributed by atoms with Gasteiger partial charge >= 0.3 is 5.97 Å². The Balaban J connectivity index is 1.98. The summed E-state index contributed by atoms with van der Waals surface area (Å²) in [6, 6.07) is 4.01. The van der Waals surface area contributed by atoms with Gasteiger partial charge in [0.2, 0.25) is 5.91 Å². The van der Waals surface area contributed by atoms with Crippen molar-refractivity contribution >= 4 is 23.5 Å². The zero-order valence-electron chi connectivity index (χ0n) is 13.8. The van der Waals surface area contributed by atoms with E-state index in [9.17, 15) is 19.5 Å². The number of hydrogen-bond donors (Lipinski definition) is 1. The molecule has 6 heteroatoms. The molecular formula is C18H22NO5-. The minimum absolute atomic E-state index is 0.0990. The predicted molar refractivity (Wildman–Crippen MR) is 86.5 cm³/mol. The molecule has 0 saturated heterocycles. The molecule has 1 aliphatic carbocycles. The molecule has 0 aromatic heterocycles. The van der Waals surface area contributed by atoms with Gasteiger partial charge in [-0.25, -0.2) is 0 Å². The summed E-state index contributed by atoms with van der Waals surface area (Å²) in [6.45, 7) is 1.22. The third kappa shape index (κ3) is 5.37. The van der Waals surface area contributed by atoms with Crippen molar-refractivity contribution in [2.45, 2.75) is 51.9 Å². The van der Waals surface area contributed by atoms with E-state index in [1.165, 1.54) is 44.4 Å². The van der Waals surface area contributed by atoms with E-state index in [2.05, 4.69) is 5.32 Å². The molecule has 1 aromatic rings. The number of anilines is 1. The Kier molecular flexibility index (Phi) is 6.35. The van der Waals surface area contributed by atoms with Crippen LogP contribution in [0.3, 0.4) is 0 Å². The summed E-state index contributed by atoms with van der Waals surface area (Å²) in [7, 11) is 0. The average Bonchev–Trinajstić information content (AvgIpc) is 2.54. The minimum Gasteiger partial charge on any atom is -0.545 e. The fourth-order valence-electron chi connectivity index (χ4n) is 3.05. The Morgan fingerprint density at radius 1 is 1.21 bits per heavy atom. The van der Waals surface area contributed by atoms with Crippen molar-refractivity contribution in [3.63, 3.8) is 0 Å². The van der Waals surface area contributed by atoms with Crippen molar-refractivity contribution in [3.8, 4) is 5.75 Å². The van der Waals surface area contributed by atoms with Gasteiger partial charge in [0.05, 0.1) is 11.7 Å². The molecular weight excluding hydrogens is 310 g/mol. The molecule has 1 saturated carbocycles. The summed E-state index contributed by atoms with van der Waals surface area (Å²) < 4.78 is 4.85. The van der Waals surface area contributed by atoms with E-state index >= 15 is 0 Å². The molecule has 0 atom stereocenters. The number of carbonyl (C=O) groups is 3. The number of carboxylic acids is 1. The van der Waals surface area contributed by atoms with Crippen LogP contribution in [0, 0.1) is 5.92 Å². The summed E-state index contributed by atoms with van der Waals surface area (Å²) in [5.41, 5.74) is -0.0562. The Bertz CT molecular complexity index is 620. The van der Waals surface area contributed by atoms with Gasteiger partial charge in [-0.15, -0.1) is 0 Å². The van der Waals surface area contributed by atoms with Crippen molar-refractivity contribution in [3.05, 3.63) is 23.8 Å². The fraction of sp³-hybridized carbons (Fsp3) is 0.500. The highest BCUT2D eigenvalue weighted by Crippen LogP contribution is 2.28. The minimum atomic E-state index is -1.44. The van der Waals surface area contributed by atoms with Crippen LogP contribution in [0.25, 0.3) is 0 Å². The van der Waals surface area contributed by atoms with Crippen molar-refractivity contribution < 1.29 is 24.2 Å². The van der Waals surface area contributed by atoms with Crippen molar-refractivity contribution in [2.24, 2.45) is 5.92 Å². The number of carboxylic acid groups (broad SMARTS) is 1. The monoisotopic (exact) mass is 332 g/mol. The fourth-order valence-corrected chi connectivity index (χ4v) is 3.05. The number of hydrogen-bond acceptors (Lipinski definition) is 5. The van der Waals surface area contributed by atoms with Gasteiger partial charge in [0, 0.05) is 18.9 Å². The van der Waals surface area contributed by atoms with Gasteiger partial charge in [0.25, 0.3) is 0 Å². The van der Waals surface area contributed by atoms with Crippen LogP contribution in [0.4, 0.5) is 5.69 Å². The molecule has 0 aliphatic heterocycles. The Morgan fingerprint density at radius 3 is 2.54 bits per heavy atom. The van der Waals surface area contributed by atoms with Crippen LogP contribution in [0.1, 0.15) is 62.2 Å². The molecule has 0 radical (unpaired) electrons. The second-order valence-corrected chi connectivity index (χ2v) is 6.18. The van der Waals surface area contributed by atoms with E-state index in [0.717, 1.165) is 19.3 Å². The van der Waals surface area contributed by atoms with Gasteiger partial charge in [-0.05, 0) is 30.5 Å². The largest absolute Gasteiger partial charge is 0.545 e. The number of ether oxygens (including phenoxy) is 1. The average molecular weight is 332 g/mol. The first kappa shape index (κ1) is 18.0. The van der Waals surface area contributed by atoms with Crippen LogP contribution >= 0.6 is 0 Å². The molecule has 6 nitrogen and oxygen atoms in total. The number of esters is 1. The lowest BCUT2D eigenvalue weighted by Crippen LogP contribution is -2.25. The summed E-state index contributed by atoms with van der Waals surface area (Å²) >= 11 is 0. The number of nitrogens with one attached hydrogen (secondary N) is 1. The summed E-state index contributed by atoms with van der Waals surface area (Å²) in [4.78, 5) is 34.3. The van der Waals surface area contributed by atoms with Gasteiger partial charge in [-0.1, -0.05) is 32.1 Å². The maximum atomic E-state index is 12.1. The SMILES string of the molecule is CC(=O)Oc1ccc(NC(=O)CCC2CCCCC2)c(C(=O)[O-])c1. The molecule has 130 valence electrons. The molecule has 0 unspecified atom stereocenters. The Morgan fingerprint density at radius 2 is 1.92 bits per heavy atom. The van der Waals surface area contributed by atoms with Crippen molar-refractivity contribution in [2.75, 3.05) is 5.32 Å². The normalized spacial score (nSPS) is 14.9. The quantitative estimate of drug-likeness (QED) is 0.637. The highest BCUT2D eigenvalue weighted by atomic mass is 16.5.